The molecular weight excluding hydrogens is 267 g/mol. The minimum absolute atomic E-state index is 0.0822. The van der Waals surface area contributed by atoms with Gasteiger partial charge in [-0.25, -0.2) is 0 Å². The molecule has 1 rings (SSSR count). The van der Waals surface area contributed by atoms with Gasteiger partial charge in [0.15, 0.2) is 0 Å². The second-order valence-electron chi connectivity index (χ2n) is 5.23. The van der Waals surface area contributed by atoms with Crippen LogP contribution >= 0.6 is 23.2 Å². The average molecular weight is 289 g/mol. The van der Waals surface area contributed by atoms with E-state index < -0.39 is 0 Å². The first-order valence-electron chi connectivity index (χ1n) is 6.20. The van der Waals surface area contributed by atoms with Crippen LogP contribution in [0, 0.1) is 0 Å². The largest absolute Gasteiger partial charge is 0.329 e. The Balaban J connectivity index is 3.09. The normalized spacial score (nSPS) is 14.0. The van der Waals surface area contributed by atoms with Crippen molar-refractivity contribution in [3.8, 4) is 0 Å². The fourth-order valence-corrected chi connectivity index (χ4v) is 2.50. The van der Waals surface area contributed by atoms with E-state index in [4.69, 9.17) is 28.9 Å². The van der Waals surface area contributed by atoms with E-state index in [0.29, 0.717) is 16.6 Å². The third-order valence-corrected chi connectivity index (χ3v) is 4.22. The highest BCUT2D eigenvalue weighted by Crippen LogP contribution is 2.31. The van der Waals surface area contributed by atoms with E-state index in [1.54, 1.807) is 6.07 Å². The summed E-state index contributed by atoms with van der Waals surface area (Å²) < 4.78 is 0. The molecule has 1 atom stereocenters. The topological polar surface area (TPSA) is 29.3 Å². The van der Waals surface area contributed by atoms with Crippen LogP contribution < -0.4 is 5.73 Å². The van der Waals surface area contributed by atoms with Gasteiger partial charge >= 0.3 is 0 Å². The van der Waals surface area contributed by atoms with Crippen LogP contribution in [-0.2, 0) is 0 Å². The van der Waals surface area contributed by atoms with Crippen molar-refractivity contribution in [1.29, 1.82) is 0 Å². The molecule has 1 aromatic rings. The van der Waals surface area contributed by atoms with Crippen LogP contribution in [0.3, 0.4) is 0 Å². The molecule has 0 aromatic heterocycles. The maximum Gasteiger partial charge on any atom is 0.0473 e. The first-order chi connectivity index (χ1) is 8.31. The molecule has 102 valence electrons. The molecule has 0 radical (unpaired) electrons. The molecule has 0 fully saturated rings. The fourth-order valence-electron chi connectivity index (χ4n) is 1.96. The summed E-state index contributed by atoms with van der Waals surface area (Å²) in [6, 6.07) is 5.74. The number of likely N-dealkylation sites (N-methyl/N-ethyl adjacent to an activating group) is 1. The van der Waals surface area contributed by atoms with Gasteiger partial charge in [-0.3, -0.25) is 4.90 Å². The number of hydrogen-bond acceptors (Lipinski definition) is 2. The Morgan fingerprint density at radius 2 is 1.72 bits per heavy atom. The second kappa shape index (κ2) is 6.25. The lowest BCUT2D eigenvalue weighted by Gasteiger charge is -2.40. The average Bonchev–Trinajstić information content (AvgIpc) is 2.28. The number of nitrogens with zero attached hydrogens (tertiary/aromatic N) is 1. The van der Waals surface area contributed by atoms with Gasteiger partial charge < -0.3 is 5.73 Å². The van der Waals surface area contributed by atoms with Gasteiger partial charge in [-0.1, -0.05) is 30.1 Å². The lowest BCUT2D eigenvalue weighted by Crippen LogP contribution is -2.45. The standard InChI is InChI=1S/C14H22Cl2N2/c1-5-14(2,3)18(4)13(9-17)10-6-11(15)8-12(16)7-10/h6-8,13H,5,9,17H2,1-4H3. The Kier molecular flexibility index (Phi) is 5.47. The van der Waals surface area contributed by atoms with E-state index in [0.717, 1.165) is 12.0 Å². The van der Waals surface area contributed by atoms with E-state index in [9.17, 15) is 0 Å². The zero-order valence-corrected chi connectivity index (χ0v) is 13.0. The van der Waals surface area contributed by atoms with Gasteiger partial charge in [0.25, 0.3) is 0 Å². The number of halogens is 2. The Labute approximate surface area is 120 Å². The zero-order valence-electron chi connectivity index (χ0n) is 11.5. The Morgan fingerprint density at radius 3 is 2.11 bits per heavy atom. The second-order valence-corrected chi connectivity index (χ2v) is 6.10. The molecule has 0 saturated carbocycles. The summed E-state index contributed by atoms with van der Waals surface area (Å²) in [5.74, 6) is 0. The third kappa shape index (κ3) is 3.61. The summed E-state index contributed by atoms with van der Waals surface area (Å²) in [5.41, 5.74) is 7.08. The molecule has 0 heterocycles. The predicted octanol–water partition coefficient (Wildman–Crippen LogP) is 4.11. The van der Waals surface area contributed by atoms with Gasteiger partial charge in [0.05, 0.1) is 0 Å². The van der Waals surface area contributed by atoms with Crippen molar-refractivity contribution in [2.24, 2.45) is 5.73 Å². The van der Waals surface area contributed by atoms with E-state index in [1.807, 2.05) is 12.1 Å². The van der Waals surface area contributed by atoms with Crippen LogP contribution in [0.5, 0.6) is 0 Å². The maximum atomic E-state index is 6.06. The summed E-state index contributed by atoms with van der Waals surface area (Å²) in [7, 11) is 2.09. The lowest BCUT2D eigenvalue weighted by molar-refractivity contribution is 0.100. The van der Waals surface area contributed by atoms with E-state index >= 15 is 0 Å². The maximum absolute atomic E-state index is 6.06. The van der Waals surface area contributed by atoms with Crippen molar-refractivity contribution in [2.45, 2.75) is 38.8 Å². The van der Waals surface area contributed by atoms with Crippen molar-refractivity contribution in [3.05, 3.63) is 33.8 Å². The summed E-state index contributed by atoms with van der Waals surface area (Å²) in [6.07, 6.45) is 1.05. The number of benzene rings is 1. The van der Waals surface area contributed by atoms with Crippen LogP contribution in [-0.4, -0.2) is 24.0 Å². The highest BCUT2D eigenvalue weighted by atomic mass is 35.5. The van der Waals surface area contributed by atoms with E-state index in [-0.39, 0.29) is 11.6 Å². The zero-order chi connectivity index (χ0) is 13.9. The molecule has 1 aromatic carbocycles. The summed E-state index contributed by atoms with van der Waals surface area (Å²) in [4.78, 5) is 2.29. The molecule has 1 unspecified atom stereocenters. The van der Waals surface area contributed by atoms with E-state index in [2.05, 4.69) is 32.7 Å². The van der Waals surface area contributed by atoms with Gasteiger partial charge in [0, 0.05) is 28.2 Å². The summed E-state index contributed by atoms with van der Waals surface area (Å²) in [6.45, 7) is 7.13. The van der Waals surface area contributed by atoms with Crippen LogP contribution in [0.25, 0.3) is 0 Å². The van der Waals surface area contributed by atoms with Gasteiger partial charge in [-0.2, -0.15) is 0 Å². The van der Waals surface area contributed by atoms with Crippen molar-refractivity contribution in [2.75, 3.05) is 13.6 Å². The number of hydrogen-bond donors (Lipinski definition) is 1. The van der Waals surface area contributed by atoms with Gasteiger partial charge in [-0.05, 0) is 51.1 Å². The first-order valence-corrected chi connectivity index (χ1v) is 6.96. The molecule has 0 amide bonds. The molecule has 2 N–H and O–H groups in total. The lowest BCUT2D eigenvalue weighted by atomic mass is 9.95. The van der Waals surface area contributed by atoms with Gasteiger partial charge in [0.2, 0.25) is 0 Å². The third-order valence-electron chi connectivity index (χ3n) is 3.78. The van der Waals surface area contributed by atoms with Crippen LogP contribution in [0.4, 0.5) is 0 Å². The summed E-state index contributed by atoms with van der Waals surface area (Å²) >= 11 is 12.1. The molecule has 0 aliphatic heterocycles. The first kappa shape index (κ1) is 15.8. The number of nitrogens with two attached hydrogens (primary N) is 1. The molecular formula is C14H22Cl2N2. The van der Waals surface area contributed by atoms with Crippen molar-refractivity contribution in [1.82, 2.24) is 4.90 Å². The quantitative estimate of drug-likeness (QED) is 0.883. The Bertz CT molecular complexity index is 385. The molecule has 0 saturated heterocycles. The smallest absolute Gasteiger partial charge is 0.0473 e. The molecule has 4 heteroatoms. The van der Waals surface area contributed by atoms with Crippen LogP contribution in [0.15, 0.2) is 18.2 Å². The minimum atomic E-state index is 0.0822. The summed E-state index contributed by atoms with van der Waals surface area (Å²) in [5, 5.41) is 1.30. The molecule has 0 bridgehead atoms. The molecule has 0 aliphatic rings. The molecule has 18 heavy (non-hydrogen) atoms. The van der Waals surface area contributed by atoms with Gasteiger partial charge in [-0.15, -0.1) is 0 Å². The van der Waals surface area contributed by atoms with Gasteiger partial charge in [0.1, 0.15) is 0 Å². The molecule has 0 spiro atoms. The SMILES string of the molecule is CCC(C)(C)N(C)C(CN)c1cc(Cl)cc(Cl)c1. The van der Waals surface area contributed by atoms with Crippen molar-refractivity contribution in [3.63, 3.8) is 0 Å². The monoisotopic (exact) mass is 288 g/mol. The fraction of sp³-hybridized carbons (Fsp3) is 0.571. The number of rotatable bonds is 5. The van der Waals surface area contributed by atoms with Crippen LogP contribution in [0.2, 0.25) is 10.0 Å². The Hall–Kier alpha value is -0.280. The predicted molar refractivity (Wildman–Crippen MR) is 80.4 cm³/mol. The highest BCUT2D eigenvalue weighted by Gasteiger charge is 2.28. The minimum Gasteiger partial charge on any atom is -0.329 e. The van der Waals surface area contributed by atoms with Crippen LogP contribution in [0.1, 0.15) is 38.8 Å². The highest BCUT2D eigenvalue weighted by molar-refractivity contribution is 6.34. The van der Waals surface area contributed by atoms with Crippen molar-refractivity contribution >= 4 is 23.2 Å². The van der Waals surface area contributed by atoms with Crippen molar-refractivity contribution < 1.29 is 0 Å². The molecule has 0 aliphatic carbocycles. The molecule has 2 nitrogen and oxygen atoms in total. The Morgan fingerprint density at radius 1 is 1.22 bits per heavy atom. The van der Waals surface area contributed by atoms with E-state index in [1.165, 1.54) is 0 Å².